The van der Waals surface area contributed by atoms with E-state index in [0.717, 1.165) is 4.68 Å². The molecule has 3 N–H and O–H groups in total. The van der Waals surface area contributed by atoms with Crippen LogP contribution in [0.1, 0.15) is 16.1 Å². The van der Waals surface area contributed by atoms with E-state index in [2.05, 4.69) is 5.10 Å². The van der Waals surface area contributed by atoms with Crippen LogP contribution in [-0.4, -0.2) is 15.7 Å². The number of H-pyrrole nitrogens is 1. The zero-order valence-electron chi connectivity index (χ0n) is 9.52. The van der Waals surface area contributed by atoms with Crippen molar-refractivity contribution in [3.05, 3.63) is 57.8 Å². The Hall–Kier alpha value is -2.21. The van der Waals surface area contributed by atoms with Crippen molar-refractivity contribution >= 4 is 5.91 Å². The molecule has 0 aliphatic rings. The molecule has 2 aromatic rings. The Kier molecular flexibility index (Phi) is 3.38. The van der Waals surface area contributed by atoms with Gasteiger partial charge < -0.3 is 5.73 Å². The zero-order chi connectivity index (χ0) is 13.1. The van der Waals surface area contributed by atoms with E-state index in [4.69, 9.17) is 5.73 Å². The van der Waals surface area contributed by atoms with E-state index in [1.54, 1.807) is 12.1 Å². The fraction of sp³-hybridized carbons (Fsp3) is 0.167. The molecule has 1 aromatic heterocycles. The van der Waals surface area contributed by atoms with Crippen LogP contribution >= 0.6 is 0 Å². The van der Waals surface area contributed by atoms with Crippen molar-refractivity contribution in [1.29, 1.82) is 0 Å². The smallest absolute Gasteiger partial charge is 0.264 e. The molecule has 0 bridgehead atoms. The van der Waals surface area contributed by atoms with Crippen LogP contribution in [0.15, 0.2) is 35.1 Å². The summed E-state index contributed by atoms with van der Waals surface area (Å²) in [6.45, 7) is 0.0573. The second-order valence-corrected chi connectivity index (χ2v) is 3.81. The summed E-state index contributed by atoms with van der Waals surface area (Å²) in [7, 11) is 0. The van der Waals surface area contributed by atoms with Gasteiger partial charge in [0.05, 0.1) is 12.1 Å². The van der Waals surface area contributed by atoms with Gasteiger partial charge in [0.2, 0.25) is 5.91 Å². The van der Waals surface area contributed by atoms with Gasteiger partial charge in [-0.3, -0.25) is 14.7 Å². The maximum absolute atomic E-state index is 13.4. The molecule has 0 amide bonds. The molecule has 18 heavy (non-hydrogen) atoms. The summed E-state index contributed by atoms with van der Waals surface area (Å²) in [6, 6.07) is 7.25. The van der Waals surface area contributed by atoms with E-state index < -0.39 is 17.3 Å². The van der Waals surface area contributed by atoms with Gasteiger partial charge in [-0.1, -0.05) is 18.2 Å². The number of nitrogens with two attached hydrogens (primary N) is 1. The molecule has 0 fully saturated rings. The lowest BCUT2D eigenvalue weighted by molar-refractivity contribution is 0.0893. The van der Waals surface area contributed by atoms with Crippen molar-refractivity contribution in [3.8, 4) is 0 Å². The lowest BCUT2D eigenvalue weighted by atomic mass is 10.1. The number of benzene rings is 1. The lowest BCUT2D eigenvalue weighted by Gasteiger charge is -2.06. The third-order valence-corrected chi connectivity index (χ3v) is 2.56. The number of halogens is 1. The highest BCUT2D eigenvalue weighted by Gasteiger charge is 2.13. The second-order valence-electron chi connectivity index (χ2n) is 3.81. The summed E-state index contributed by atoms with van der Waals surface area (Å²) in [5, 5.41) is 2.34. The largest absolute Gasteiger partial charge is 0.325 e. The van der Waals surface area contributed by atoms with Crippen LogP contribution in [0.3, 0.4) is 0 Å². The van der Waals surface area contributed by atoms with Crippen molar-refractivity contribution in [3.63, 3.8) is 0 Å². The van der Waals surface area contributed by atoms with Gasteiger partial charge in [-0.25, -0.2) is 9.07 Å². The standard InChI is InChI=1S/C12H12FN3O2/c13-10-4-2-1-3-8(10)5-12(18)16-9(7-14)6-11(17)15-16/h1-4,6H,5,7,14H2,(H,15,17). The topological polar surface area (TPSA) is 80.9 Å². The van der Waals surface area contributed by atoms with E-state index >= 15 is 0 Å². The van der Waals surface area contributed by atoms with Gasteiger partial charge >= 0.3 is 0 Å². The Labute approximate surface area is 102 Å². The summed E-state index contributed by atoms with van der Waals surface area (Å²) in [4.78, 5) is 23.1. The normalized spacial score (nSPS) is 10.6. The average molecular weight is 249 g/mol. The molecule has 94 valence electrons. The van der Waals surface area contributed by atoms with E-state index in [9.17, 15) is 14.0 Å². The van der Waals surface area contributed by atoms with E-state index in [0.29, 0.717) is 5.69 Å². The van der Waals surface area contributed by atoms with Crippen LogP contribution in [0.25, 0.3) is 0 Å². The highest BCUT2D eigenvalue weighted by molar-refractivity contribution is 5.81. The molecule has 1 aromatic carbocycles. The van der Waals surface area contributed by atoms with Crippen molar-refractivity contribution in [2.45, 2.75) is 13.0 Å². The minimum absolute atomic E-state index is 0.0573. The van der Waals surface area contributed by atoms with Crippen LogP contribution in [-0.2, 0) is 13.0 Å². The fourth-order valence-electron chi connectivity index (χ4n) is 1.69. The van der Waals surface area contributed by atoms with Gasteiger partial charge in [0.15, 0.2) is 0 Å². The van der Waals surface area contributed by atoms with Crippen LogP contribution < -0.4 is 11.3 Å². The second kappa shape index (κ2) is 4.97. The Morgan fingerprint density at radius 2 is 2.11 bits per heavy atom. The number of carbonyl (C=O) groups excluding carboxylic acids is 1. The van der Waals surface area contributed by atoms with Crippen molar-refractivity contribution < 1.29 is 9.18 Å². The van der Waals surface area contributed by atoms with Crippen LogP contribution in [0.2, 0.25) is 0 Å². The minimum Gasteiger partial charge on any atom is -0.325 e. The molecule has 6 heteroatoms. The Balaban J connectivity index is 2.27. The quantitative estimate of drug-likeness (QED) is 0.838. The maximum atomic E-state index is 13.4. The number of aromatic nitrogens is 2. The first-order valence-corrected chi connectivity index (χ1v) is 5.39. The third-order valence-electron chi connectivity index (χ3n) is 2.56. The monoisotopic (exact) mass is 249 g/mol. The van der Waals surface area contributed by atoms with Crippen molar-refractivity contribution in [2.75, 3.05) is 0 Å². The first kappa shape index (κ1) is 12.3. The van der Waals surface area contributed by atoms with Gasteiger partial charge in [-0.05, 0) is 11.6 Å². The number of rotatable bonds is 3. The van der Waals surface area contributed by atoms with E-state index in [-0.39, 0.29) is 18.5 Å². The molecular formula is C12H12FN3O2. The summed E-state index contributed by atoms with van der Waals surface area (Å²) >= 11 is 0. The van der Waals surface area contributed by atoms with Gasteiger partial charge in [0.1, 0.15) is 5.82 Å². The third kappa shape index (κ3) is 2.38. The first-order chi connectivity index (χ1) is 8.61. The van der Waals surface area contributed by atoms with Crippen LogP contribution in [0.5, 0.6) is 0 Å². The van der Waals surface area contributed by atoms with Gasteiger partial charge in [0.25, 0.3) is 5.56 Å². The highest BCUT2D eigenvalue weighted by Crippen LogP contribution is 2.08. The predicted octanol–water partition coefficient (Wildman–Crippen LogP) is 0.657. The molecule has 0 spiro atoms. The van der Waals surface area contributed by atoms with Gasteiger partial charge in [0, 0.05) is 12.6 Å². The number of nitrogens with one attached hydrogen (secondary N) is 1. The molecule has 1 heterocycles. The lowest BCUT2D eigenvalue weighted by Crippen LogP contribution is -2.21. The molecule has 0 aliphatic carbocycles. The van der Waals surface area contributed by atoms with Gasteiger partial charge in [-0.15, -0.1) is 0 Å². The molecule has 5 nitrogen and oxygen atoms in total. The van der Waals surface area contributed by atoms with Crippen molar-refractivity contribution in [2.24, 2.45) is 5.73 Å². The zero-order valence-corrected chi connectivity index (χ0v) is 9.52. The molecule has 0 saturated carbocycles. The average Bonchev–Trinajstić information content (AvgIpc) is 2.73. The summed E-state index contributed by atoms with van der Waals surface area (Å²) in [6.07, 6.45) is -0.135. The summed E-state index contributed by atoms with van der Waals surface area (Å²) < 4.78 is 14.5. The van der Waals surface area contributed by atoms with Crippen molar-refractivity contribution in [1.82, 2.24) is 9.78 Å². The number of nitrogens with zero attached hydrogens (tertiary/aromatic N) is 1. The Morgan fingerprint density at radius 1 is 1.39 bits per heavy atom. The summed E-state index contributed by atoms with van der Waals surface area (Å²) in [5.74, 6) is -0.877. The molecule has 0 saturated heterocycles. The molecule has 0 aliphatic heterocycles. The Bertz CT molecular complexity index is 630. The van der Waals surface area contributed by atoms with Gasteiger partial charge in [-0.2, -0.15) is 0 Å². The fourth-order valence-corrected chi connectivity index (χ4v) is 1.69. The van der Waals surface area contributed by atoms with E-state index in [1.807, 2.05) is 0 Å². The van der Waals surface area contributed by atoms with E-state index in [1.165, 1.54) is 18.2 Å². The number of hydrogen-bond donors (Lipinski definition) is 2. The molecule has 2 rings (SSSR count). The molecular weight excluding hydrogens is 237 g/mol. The highest BCUT2D eigenvalue weighted by atomic mass is 19.1. The Morgan fingerprint density at radius 3 is 2.78 bits per heavy atom. The van der Waals surface area contributed by atoms with Crippen LogP contribution in [0, 0.1) is 5.82 Å². The first-order valence-electron chi connectivity index (χ1n) is 5.39. The number of aromatic amines is 1. The molecule has 0 atom stereocenters. The SMILES string of the molecule is NCc1cc(=O)[nH]n1C(=O)Cc1ccccc1F. The maximum Gasteiger partial charge on any atom is 0.264 e. The summed E-state index contributed by atoms with van der Waals surface area (Å²) in [5.41, 5.74) is 5.67. The number of hydrogen-bond acceptors (Lipinski definition) is 3. The minimum atomic E-state index is -0.449. The molecule has 0 radical (unpaired) electrons. The molecule has 0 unspecified atom stereocenters. The van der Waals surface area contributed by atoms with Crippen LogP contribution in [0.4, 0.5) is 4.39 Å². The predicted molar refractivity (Wildman–Crippen MR) is 63.7 cm³/mol. The number of carbonyl (C=O) groups is 1.